The Labute approximate surface area is 162 Å². The van der Waals surface area contributed by atoms with Crippen LogP contribution in [0.4, 0.5) is 5.69 Å². The fourth-order valence-electron chi connectivity index (χ4n) is 3.45. The van der Waals surface area contributed by atoms with Crippen LogP contribution in [0, 0.1) is 0 Å². The predicted octanol–water partition coefficient (Wildman–Crippen LogP) is 3.15. The summed E-state index contributed by atoms with van der Waals surface area (Å²) in [5.41, 5.74) is 2.43. The normalized spacial score (nSPS) is 14.6. The number of pyridine rings is 1. The van der Waals surface area contributed by atoms with Gasteiger partial charge < -0.3 is 10.6 Å². The van der Waals surface area contributed by atoms with Gasteiger partial charge in [-0.3, -0.25) is 9.78 Å². The molecule has 0 spiro atoms. The van der Waals surface area contributed by atoms with E-state index in [-0.39, 0.29) is 12.3 Å². The number of nitrogens with one attached hydrogen (secondary N) is 2. The largest absolute Gasteiger partial charge is 0.366 e. The van der Waals surface area contributed by atoms with Crippen molar-refractivity contribution in [3.63, 3.8) is 0 Å². The van der Waals surface area contributed by atoms with Crippen molar-refractivity contribution in [2.24, 2.45) is 0 Å². The summed E-state index contributed by atoms with van der Waals surface area (Å²) in [6.45, 7) is 0.443. The summed E-state index contributed by atoms with van der Waals surface area (Å²) in [4.78, 5) is 16.4. The molecule has 8 heteroatoms. The first-order valence-electron chi connectivity index (χ1n) is 9.14. The van der Waals surface area contributed by atoms with Crippen LogP contribution in [0.15, 0.2) is 36.7 Å². The summed E-state index contributed by atoms with van der Waals surface area (Å²) in [6.07, 6.45) is 8.34. The molecule has 0 atom stereocenters. The molecule has 1 amide bonds. The molecule has 2 N–H and O–H groups in total. The minimum Gasteiger partial charge on any atom is -0.366 e. The fourth-order valence-corrected chi connectivity index (χ4v) is 3.62. The summed E-state index contributed by atoms with van der Waals surface area (Å²) in [6, 6.07) is 7.84. The summed E-state index contributed by atoms with van der Waals surface area (Å²) < 4.78 is 1.68. The zero-order valence-electron chi connectivity index (χ0n) is 14.9. The van der Waals surface area contributed by atoms with E-state index in [4.69, 9.17) is 11.6 Å². The number of rotatable bonds is 6. The lowest BCUT2D eigenvalue weighted by atomic mass is 10.2. The number of hydrogen-bond acceptors (Lipinski definition) is 5. The molecule has 140 valence electrons. The number of nitrogens with zero attached hydrogens (tertiary/aromatic N) is 4. The molecule has 1 aliphatic carbocycles. The van der Waals surface area contributed by atoms with E-state index in [1.807, 2.05) is 24.3 Å². The van der Waals surface area contributed by atoms with Gasteiger partial charge in [-0.25, -0.2) is 4.68 Å². The molecule has 2 heterocycles. The van der Waals surface area contributed by atoms with Crippen molar-refractivity contribution < 1.29 is 4.79 Å². The Morgan fingerprint density at radius 1 is 1.26 bits per heavy atom. The quantitative estimate of drug-likeness (QED) is 0.682. The number of amides is 1. The zero-order valence-corrected chi connectivity index (χ0v) is 15.6. The molecule has 4 rings (SSSR count). The number of fused-ring (bicyclic) bond motifs is 1. The summed E-state index contributed by atoms with van der Waals surface area (Å²) in [7, 11) is 0. The van der Waals surface area contributed by atoms with Crippen LogP contribution in [0.5, 0.6) is 0 Å². The average Bonchev–Trinajstić information content (AvgIpc) is 3.31. The molecule has 1 fully saturated rings. The van der Waals surface area contributed by atoms with Gasteiger partial charge in [0.15, 0.2) is 0 Å². The number of carbonyl (C=O) groups excluding carboxylic acids is 1. The first kappa shape index (κ1) is 17.7. The number of hydrogen-bond donors (Lipinski definition) is 2. The van der Waals surface area contributed by atoms with Crippen LogP contribution in [-0.4, -0.2) is 31.9 Å². The van der Waals surface area contributed by atoms with Gasteiger partial charge in [-0.1, -0.05) is 29.7 Å². The monoisotopic (exact) mass is 384 g/mol. The second-order valence-corrected chi connectivity index (χ2v) is 7.27. The molecule has 27 heavy (non-hydrogen) atoms. The van der Waals surface area contributed by atoms with Crippen molar-refractivity contribution in [1.29, 1.82) is 0 Å². The molecule has 1 aromatic carbocycles. The number of benzene rings is 1. The second-order valence-electron chi connectivity index (χ2n) is 6.83. The summed E-state index contributed by atoms with van der Waals surface area (Å²) in [5.74, 6) is 0.0129. The number of halogens is 1. The average molecular weight is 385 g/mol. The fraction of sp³-hybridized carbons (Fsp3) is 0.368. The molecule has 0 unspecified atom stereocenters. The molecule has 7 nitrogen and oxygen atoms in total. The lowest BCUT2D eigenvalue weighted by Crippen LogP contribution is -2.33. The SMILES string of the molecule is O=C(Cc1cn(CNc2ccnc3cc(Cl)ccc23)nn1)NC1CCCC1. The Morgan fingerprint density at radius 2 is 2.11 bits per heavy atom. The standard InChI is InChI=1S/C19H21ClN6O/c20-13-5-6-16-17(7-8-21-18(16)9-13)22-12-26-11-15(24-25-26)10-19(27)23-14-3-1-2-4-14/h5-9,11,14H,1-4,10,12H2,(H,21,22)(H,23,27). The third-order valence-electron chi connectivity index (χ3n) is 4.78. The topological polar surface area (TPSA) is 84.7 Å². The van der Waals surface area contributed by atoms with E-state index in [1.165, 1.54) is 12.8 Å². The van der Waals surface area contributed by atoms with Crippen LogP contribution < -0.4 is 10.6 Å². The predicted molar refractivity (Wildman–Crippen MR) is 105 cm³/mol. The molecule has 0 aliphatic heterocycles. The van der Waals surface area contributed by atoms with E-state index in [2.05, 4.69) is 25.9 Å². The Kier molecular flexibility index (Phi) is 5.20. The molecule has 1 saturated carbocycles. The minimum absolute atomic E-state index is 0.0129. The maximum Gasteiger partial charge on any atom is 0.226 e. The highest BCUT2D eigenvalue weighted by atomic mass is 35.5. The van der Waals surface area contributed by atoms with Gasteiger partial charge in [0.1, 0.15) is 6.67 Å². The highest BCUT2D eigenvalue weighted by Gasteiger charge is 2.17. The van der Waals surface area contributed by atoms with Crippen molar-refractivity contribution in [3.05, 3.63) is 47.4 Å². The van der Waals surface area contributed by atoms with Crippen molar-refractivity contribution in [3.8, 4) is 0 Å². The Hall–Kier alpha value is -2.67. The third-order valence-corrected chi connectivity index (χ3v) is 5.02. The molecular weight excluding hydrogens is 364 g/mol. The van der Waals surface area contributed by atoms with Crippen LogP contribution >= 0.6 is 11.6 Å². The van der Waals surface area contributed by atoms with Crippen molar-refractivity contribution in [2.45, 2.75) is 44.8 Å². The number of carbonyl (C=O) groups is 1. The smallest absolute Gasteiger partial charge is 0.226 e. The van der Waals surface area contributed by atoms with Crippen LogP contribution in [0.2, 0.25) is 5.02 Å². The van der Waals surface area contributed by atoms with Crippen LogP contribution in [-0.2, 0) is 17.9 Å². The second kappa shape index (κ2) is 7.92. The van der Waals surface area contributed by atoms with E-state index in [1.54, 1.807) is 17.1 Å². The van der Waals surface area contributed by atoms with Gasteiger partial charge in [0.2, 0.25) is 5.91 Å². The molecule has 0 radical (unpaired) electrons. The highest BCUT2D eigenvalue weighted by Crippen LogP contribution is 2.24. The van der Waals surface area contributed by atoms with Gasteiger partial charge in [0, 0.05) is 28.3 Å². The first-order valence-corrected chi connectivity index (χ1v) is 9.52. The highest BCUT2D eigenvalue weighted by molar-refractivity contribution is 6.31. The number of anilines is 1. The molecule has 3 aromatic rings. The van der Waals surface area contributed by atoms with Gasteiger partial charge in [-0.15, -0.1) is 5.10 Å². The molecule has 1 aliphatic rings. The number of aromatic nitrogens is 4. The third kappa shape index (κ3) is 4.36. The van der Waals surface area contributed by atoms with Gasteiger partial charge in [-0.05, 0) is 37.1 Å². The molecular formula is C19H21ClN6O. The van der Waals surface area contributed by atoms with Crippen molar-refractivity contribution >= 4 is 34.1 Å². The lowest BCUT2D eigenvalue weighted by molar-refractivity contribution is -0.121. The van der Waals surface area contributed by atoms with Crippen LogP contribution in [0.25, 0.3) is 10.9 Å². The van der Waals surface area contributed by atoms with E-state index >= 15 is 0 Å². The van der Waals surface area contributed by atoms with E-state index < -0.39 is 0 Å². The Balaban J connectivity index is 1.36. The van der Waals surface area contributed by atoms with E-state index in [9.17, 15) is 4.79 Å². The summed E-state index contributed by atoms with van der Waals surface area (Å²) in [5, 5.41) is 16.2. The maximum atomic E-state index is 12.1. The molecule has 0 bridgehead atoms. The first-order chi connectivity index (χ1) is 13.2. The zero-order chi connectivity index (χ0) is 18.6. The van der Waals surface area contributed by atoms with E-state index in [0.717, 1.165) is 29.4 Å². The summed E-state index contributed by atoms with van der Waals surface area (Å²) >= 11 is 6.03. The minimum atomic E-state index is 0.0129. The molecule has 0 saturated heterocycles. The van der Waals surface area contributed by atoms with Crippen molar-refractivity contribution in [1.82, 2.24) is 25.3 Å². The lowest BCUT2D eigenvalue weighted by Gasteiger charge is -2.10. The van der Waals surface area contributed by atoms with Gasteiger partial charge in [-0.2, -0.15) is 0 Å². The van der Waals surface area contributed by atoms with Crippen LogP contribution in [0.3, 0.4) is 0 Å². The van der Waals surface area contributed by atoms with Gasteiger partial charge in [0.25, 0.3) is 0 Å². The molecule has 2 aromatic heterocycles. The van der Waals surface area contributed by atoms with Crippen molar-refractivity contribution in [2.75, 3.05) is 5.32 Å². The van der Waals surface area contributed by atoms with Gasteiger partial charge in [0.05, 0.1) is 23.8 Å². The van der Waals surface area contributed by atoms with E-state index in [0.29, 0.717) is 23.4 Å². The Bertz CT molecular complexity index is 950. The van der Waals surface area contributed by atoms with Gasteiger partial charge >= 0.3 is 0 Å². The van der Waals surface area contributed by atoms with Crippen LogP contribution in [0.1, 0.15) is 31.4 Å². The Morgan fingerprint density at radius 3 is 2.96 bits per heavy atom. The maximum absolute atomic E-state index is 12.1.